The van der Waals surface area contributed by atoms with Crippen LogP contribution in [0.4, 0.5) is 0 Å². The maximum Gasteiger partial charge on any atom is 0.153 e. The van der Waals surface area contributed by atoms with Crippen LogP contribution >= 0.6 is 0 Å². The Bertz CT molecular complexity index is 294. The summed E-state index contributed by atoms with van der Waals surface area (Å²) in [5.41, 5.74) is 0.508. The summed E-state index contributed by atoms with van der Waals surface area (Å²) in [4.78, 5) is 10.6. The van der Waals surface area contributed by atoms with Crippen molar-refractivity contribution in [2.24, 2.45) is 0 Å². The highest BCUT2D eigenvalue weighted by Crippen LogP contribution is 2.22. The van der Waals surface area contributed by atoms with E-state index in [4.69, 9.17) is 9.47 Å². The van der Waals surface area contributed by atoms with Crippen molar-refractivity contribution in [2.45, 2.75) is 6.92 Å². The fourth-order valence-electron chi connectivity index (χ4n) is 1.06. The molecule has 0 aliphatic carbocycles. The Kier molecular flexibility index (Phi) is 3.31. The molecule has 0 heterocycles. The molecule has 0 aliphatic heterocycles. The Hall–Kier alpha value is -1.51. The van der Waals surface area contributed by atoms with E-state index in [1.165, 1.54) is 7.11 Å². The maximum atomic E-state index is 10.6. The molecule has 0 saturated heterocycles. The lowest BCUT2D eigenvalue weighted by Crippen LogP contribution is -1.94. The molecule has 3 heteroatoms. The molecule has 0 atom stereocenters. The summed E-state index contributed by atoms with van der Waals surface area (Å²) in [6.45, 7) is 2.48. The Labute approximate surface area is 77.3 Å². The zero-order valence-electron chi connectivity index (χ0n) is 7.74. The van der Waals surface area contributed by atoms with E-state index < -0.39 is 0 Å². The average molecular weight is 180 g/mol. The zero-order chi connectivity index (χ0) is 9.68. The predicted octanol–water partition coefficient (Wildman–Crippen LogP) is 1.91. The van der Waals surface area contributed by atoms with Crippen LogP contribution in [0.15, 0.2) is 18.2 Å². The zero-order valence-corrected chi connectivity index (χ0v) is 7.74. The van der Waals surface area contributed by atoms with Crippen LogP contribution in [-0.4, -0.2) is 20.0 Å². The maximum absolute atomic E-state index is 10.6. The van der Waals surface area contributed by atoms with Gasteiger partial charge in [-0.25, -0.2) is 0 Å². The van der Waals surface area contributed by atoms with E-state index in [1.807, 2.05) is 6.92 Å². The second kappa shape index (κ2) is 4.50. The third-order valence-corrected chi connectivity index (χ3v) is 1.64. The molecular weight excluding hydrogens is 168 g/mol. The van der Waals surface area contributed by atoms with Crippen molar-refractivity contribution in [1.29, 1.82) is 0 Å². The summed E-state index contributed by atoms with van der Waals surface area (Å²) >= 11 is 0. The molecule has 3 nitrogen and oxygen atoms in total. The monoisotopic (exact) mass is 180 g/mol. The van der Waals surface area contributed by atoms with Crippen LogP contribution in [0.3, 0.4) is 0 Å². The molecule has 0 amide bonds. The van der Waals surface area contributed by atoms with Crippen LogP contribution < -0.4 is 9.47 Å². The van der Waals surface area contributed by atoms with Crippen LogP contribution in [0.2, 0.25) is 0 Å². The van der Waals surface area contributed by atoms with Crippen molar-refractivity contribution < 1.29 is 14.3 Å². The first-order valence-electron chi connectivity index (χ1n) is 4.07. The third kappa shape index (κ3) is 2.21. The smallest absolute Gasteiger partial charge is 0.153 e. The lowest BCUT2D eigenvalue weighted by Gasteiger charge is -2.06. The Morgan fingerprint density at radius 3 is 2.77 bits per heavy atom. The SMILES string of the molecule is CCOc1ccc(OC)c(C=O)c1. The third-order valence-electron chi connectivity index (χ3n) is 1.64. The highest BCUT2D eigenvalue weighted by molar-refractivity contribution is 5.80. The van der Waals surface area contributed by atoms with Gasteiger partial charge in [0.15, 0.2) is 6.29 Å². The molecule has 0 aliphatic rings. The molecule has 1 rings (SSSR count). The summed E-state index contributed by atoms with van der Waals surface area (Å²) in [5, 5.41) is 0. The summed E-state index contributed by atoms with van der Waals surface area (Å²) in [7, 11) is 1.53. The molecule has 0 radical (unpaired) electrons. The minimum Gasteiger partial charge on any atom is -0.496 e. The molecule has 13 heavy (non-hydrogen) atoms. The van der Waals surface area contributed by atoms with Gasteiger partial charge < -0.3 is 9.47 Å². The number of methoxy groups -OCH3 is 1. The molecule has 0 fully saturated rings. The molecule has 1 aromatic rings. The van der Waals surface area contributed by atoms with E-state index in [2.05, 4.69) is 0 Å². The fourth-order valence-corrected chi connectivity index (χ4v) is 1.06. The van der Waals surface area contributed by atoms with Gasteiger partial charge in [0.25, 0.3) is 0 Å². The molecule has 0 spiro atoms. The van der Waals surface area contributed by atoms with Crippen molar-refractivity contribution in [3.63, 3.8) is 0 Å². The number of carbonyl (C=O) groups excluding carboxylic acids is 1. The average Bonchev–Trinajstić information content (AvgIpc) is 2.18. The minimum absolute atomic E-state index is 0.508. The van der Waals surface area contributed by atoms with Crippen LogP contribution in [0.1, 0.15) is 17.3 Å². The standard InChI is InChI=1S/C10H12O3/c1-3-13-9-4-5-10(12-2)8(6-9)7-11/h4-7H,3H2,1-2H3. The first-order valence-corrected chi connectivity index (χ1v) is 4.07. The van der Waals surface area contributed by atoms with Crippen LogP contribution in [0.25, 0.3) is 0 Å². The number of hydrogen-bond acceptors (Lipinski definition) is 3. The molecule has 1 aromatic carbocycles. The van der Waals surface area contributed by atoms with E-state index in [0.717, 1.165) is 6.29 Å². The Balaban J connectivity index is 2.98. The second-order valence-electron chi connectivity index (χ2n) is 2.45. The van der Waals surface area contributed by atoms with Crippen LogP contribution in [-0.2, 0) is 0 Å². The number of aldehydes is 1. The van der Waals surface area contributed by atoms with Gasteiger partial charge in [-0.05, 0) is 25.1 Å². The number of rotatable bonds is 4. The van der Waals surface area contributed by atoms with E-state index in [9.17, 15) is 4.79 Å². The predicted molar refractivity (Wildman–Crippen MR) is 49.6 cm³/mol. The van der Waals surface area contributed by atoms with Crippen LogP contribution in [0, 0.1) is 0 Å². The van der Waals surface area contributed by atoms with Crippen LogP contribution in [0.5, 0.6) is 11.5 Å². The lowest BCUT2D eigenvalue weighted by molar-refractivity contribution is 0.112. The number of hydrogen-bond donors (Lipinski definition) is 0. The topological polar surface area (TPSA) is 35.5 Å². The first-order chi connectivity index (χ1) is 6.31. The highest BCUT2D eigenvalue weighted by atomic mass is 16.5. The molecule has 0 unspecified atom stereocenters. The summed E-state index contributed by atoms with van der Waals surface area (Å²) in [6.07, 6.45) is 0.751. The second-order valence-corrected chi connectivity index (χ2v) is 2.45. The van der Waals surface area contributed by atoms with Gasteiger partial charge in [-0.2, -0.15) is 0 Å². The number of ether oxygens (including phenoxy) is 2. The molecule has 0 aromatic heterocycles. The summed E-state index contributed by atoms with van der Waals surface area (Å²) in [5.74, 6) is 1.25. The van der Waals surface area contributed by atoms with Gasteiger partial charge in [-0.15, -0.1) is 0 Å². The Morgan fingerprint density at radius 2 is 2.23 bits per heavy atom. The number of carbonyl (C=O) groups is 1. The highest BCUT2D eigenvalue weighted by Gasteiger charge is 2.02. The van der Waals surface area contributed by atoms with Crippen molar-refractivity contribution in [1.82, 2.24) is 0 Å². The molecule has 0 bridgehead atoms. The van der Waals surface area contributed by atoms with Gasteiger partial charge in [0.1, 0.15) is 11.5 Å². The molecule has 0 saturated carbocycles. The normalized spacial score (nSPS) is 9.38. The van der Waals surface area contributed by atoms with Crippen molar-refractivity contribution in [2.75, 3.05) is 13.7 Å². The fraction of sp³-hybridized carbons (Fsp3) is 0.300. The van der Waals surface area contributed by atoms with E-state index in [-0.39, 0.29) is 0 Å². The largest absolute Gasteiger partial charge is 0.496 e. The quantitative estimate of drug-likeness (QED) is 0.664. The van der Waals surface area contributed by atoms with E-state index >= 15 is 0 Å². The summed E-state index contributed by atoms with van der Waals surface area (Å²) in [6, 6.07) is 5.15. The molecule has 0 N–H and O–H groups in total. The first kappa shape index (κ1) is 9.58. The molecule has 70 valence electrons. The van der Waals surface area contributed by atoms with Gasteiger partial charge >= 0.3 is 0 Å². The van der Waals surface area contributed by atoms with Gasteiger partial charge in [0.2, 0.25) is 0 Å². The van der Waals surface area contributed by atoms with Crippen molar-refractivity contribution >= 4 is 6.29 Å². The van der Waals surface area contributed by atoms with E-state index in [0.29, 0.717) is 23.7 Å². The van der Waals surface area contributed by atoms with Gasteiger partial charge in [-0.1, -0.05) is 0 Å². The summed E-state index contributed by atoms with van der Waals surface area (Å²) < 4.78 is 10.2. The van der Waals surface area contributed by atoms with Crippen molar-refractivity contribution in [3.8, 4) is 11.5 Å². The van der Waals surface area contributed by atoms with Gasteiger partial charge in [0.05, 0.1) is 19.3 Å². The minimum atomic E-state index is 0.508. The van der Waals surface area contributed by atoms with E-state index in [1.54, 1.807) is 18.2 Å². The van der Waals surface area contributed by atoms with Crippen molar-refractivity contribution in [3.05, 3.63) is 23.8 Å². The lowest BCUT2D eigenvalue weighted by atomic mass is 10.2. The van der Waals surface area contributed by atoms with Gasteiger partial charge in [0, 0.05) is 0 Å². The number of benzene rings is 1. The Morgan fingerprint density at radius 1 is 1.46 bits per heavy atom. The molecular formula is C10H12O3. The van der Waals surface area contributed by atoms with Gasteiger partial charge in [-0.3, -0.25) is 4.79 Å².